The molecule has 1 N–H and O–H groups in total. The molecule has 3 aromatic carbocycles. The van der Waals surface area contributed by atoms with Crippen LogP contribution in [0.2, 0.25) is 5.02 Å². The van der Waals surface area contributed by atoms with E-state index in [-0.39, 0.29) is 27.4 Å². The van der Waals surface area contributed by atoms with Crippen LogP contribution in [0, 0.1) is 6.92 Å². The summed E-state index contributed by atoms with van der Waals surface area (Å²) >= 11 is 7.93. The fourth-order valence-electron chi connectivity index (χ4n) is 3.62. The van der Waals surface area contributed by atoms with Gasteiger partial charge in [-0.25, -0.2) is 8.42 Å². The van der Waals surface area contributed by atoms with Crippen LogP contribution >= 0.6 is 23.4 Å². The van der Waals surface area contributed by atoms with Crippen molar-refractivity contribution in [3.63, 3.8) is 0 Å². The fourth-order valence-corrected chi connectivity index (χ4v) is 5.94. The number of sulfonamides is 1. The first-order valence-corrected chi connectivity index (χ1v) is 14.1. The van der Waals surface area contributed by atoms with Gasteiger partial charge in [-0.3, -0.25) is 9.10 Å². The standard InChI is InChI=1S/C26H29ClN2O5S2/c1-17-6-12-24(34-4)25(14-17)36(31,32)29(20-9-13-23(33-3)22(27)15-20)16-26(30)28-18(2)19-7-10-21(35-5)11-8-19/h6-15,18H,16H2,1-5H3,(H,28,30). The molecule has 0 spiro atoms. The van der Waals surface area contributed by atoms with Gasteiger partial charge in [0.2, 0.25) is 5.91 Å². The Kier molecular flexibility index (Phi) is 9.16. The number of aryl methyl sites for hydroxylation is 1. The topological polar surface area (TPSA) is 84.9 Å². The second kappa shape index (κ2) is 11.9. The van der Waals surface area contributed by atoms with E-state index in [1.54, 1.807) is 43.0 Å². The summed E-state index contributed by atoms with van der Waals surface area (Å²) in [5.74, 6) is 0.0871. The molecular formula is C26H29ClN2O5S2. The monoisotopic (exact) mass is 548 g/mol. The maximum atomic E-state index is 13.9. The van der Waals surface area contributed by atoms with E-state index < -0.39 is 22.5 Å². The van der Waals surface area contributed by atoms with Crippen molar-refractivity contribution in [3.8, 4) is 11.5 Å². The number of benzene rings is 3. The highest BCUT2D eigenvalue weighted by molar-refractivity contribution is 7.98. The maximum Gasteiger partial charge on any atom is 0.268 e. The van der Waals surface area contributed by atoms with E-state index in [1.165, 1.54) is 26.4 Å². The number of hydrogen-bond donors (Lipinski definition) is 1. The summed E-state index contributed by atoms with van der Waals surface area (Å²) in [5.41, 5.74) is 1.86. The molecule has 0 aliphatic carbocycles. The zero-order valence-corrected chi connectivity index (χ0v) is 23.1. The Morgan fingerprint density at radius 3 is 2.25 bits per heavy atom. The zero-order chi connectivity index (χ0) is 26.5. The van der Waals surface area contributed by atoms with E-state index in [1.807, 2.05) is 37.4 Å². The second-order valence-corrected chi connectivity index (χ2v) is 11.2. The molecule has 192 valence electrons. The van der Waals surface area contributed by atoms with Crippen LogP contribution in [0.4, 0.5) is 5.69 Å². The molecule has 0 bridgehead atoms. The number of anilines is 1. The van der Waals surface area contributed by atoms with Gasteiger partial charge in [0.05, 0.1) is 31.0 Å². The molecule has 0 aliphatic heterocycles. The number of amides is 1. The number of carbonyl (C=O) groups is 1. The first-order chi connectivity index (χ1) is 17.1. The Labute approximate surface area is 221 Å². The molecular weight excluding hydrogens is 520 g/mol. The van der Waals surface area contributed by atoms with Gasteiger partial charge in [0.1, 0.15) is 22.9 Å². The Bertz CT molecular complexity index is 1330. The van der Waals surface area contributed by atoms with Crippen LogP contribution in [0.15, 0.2) is 70.5 Å². The number of ether oxygens (including phenoxy) is 2. The summed E-state index contributed by atoms with van der Waals surface area (Å²) in [5, 5.41) is 3.11. The molecule has 3 aromatic rings. The third kappa shape index (κ3) is 6.27. The van der Waals surface area contributed by atoms with Gasteiger partial charge < -0.3 is 14.8 Å². The summed E-state index contributed by atoms with van der Waals surface area (Å²) in [6.45, 7) is 3.16. The molecule has 0 heterocycles. The molecule has 1 amide bonds. The lowest BCUT2D eigenvalue weighted by Crippen LogP contribution is -2.41. The van der Waals surface area contributed by atoms with Gasteiger partial charge >= 0.3 is 0 Å². The third-order valence-corrected chi connectivity index (χ3v) is 8.43. The Balaban J connectivity index is 1.98. The number of thioether (sulfide) groups is 1. The molecule has 7 nitrogen and oxygen atoms in total. The van der Waals surface area contributed by atoms with Crippen LogP contribution in [-0.4, -0.2) is 41.3 Å². The van der Waals surface area contributed by atoms with Gasteiger partial charge in [-0.15, -0.1) is 11.8 Å². The molecule has 10 heteroatoms. The van der Waals surface area contributed by atoms with E-state index in [0.717, 1.165) is 20.3 Å². The Hall–Kier alpha value is -2.88. The summed E-state index contributed by atoms with van der Waals surface area (Å²) in [6.07, 6.45) is 1.99. The SMILES string of the molecule is COc1ccc(N(CC(=O)NC(C)c2ccc(SC)cc2)S(=O)(=O)c2cc(C)ccc2OC)cc1Cl. The molecule has 0 fully saturated rings. The van der Waals surface area contributed by atoms with Crippen LogP contribution in [0.5, 0.6) is 11.5 Å². The zero-order valence-electron chi connectivity index (χ0n) is 20.7. The molecule has 1 unspecified atom stereocenters. The minimum absolute atomic E-state index is 0.0505. The first kappa shape index (κ1) is 27.7. The van der Waals surface area contributed by atoms with Crippen molar-refractivity contribution in [1.82, 2.24) is 5.32 Å². The van der Waals surface area contributed by atoms with Gasteiger partial charge in [-0.1, -0.05) is 29.8 Å². The van der Waals surface area contributed by atoms with Crippen LogP contribution in [-0.2, 0) is 14.8 Å². The van der Waals surface area contributed by atoms with Gasteiger partial charge in [0.15, 0.2) is 0 Å². The van der Waals surface area contributed by atoms with Gasteiger partial charge in [-0.2, -0.15) is 0 Å². The van der Waals surface area contributed by atoms with E-state index in [9.17, 15) is 13.2 Å². The largest absolute Gasteiger partial charge is 0.495 e. The predicted molar refractivity (Wildman–Crippen MR) is 145 cm³/mol. The number of methoxy groups -OCH3 is 2. The van der Waals surface area contributed by atoms with Crippen molar-refractivity contribution in [3.05, 3.63) is 76.8 Å². The quantitative estimate of drug-likeness (QED) is 0.339. The molecule has 36 heavy (non-hydrogen) atoms. The maximum absolute atomic E-state index is 13.9. The highest BCUT2D eigenvalue weighted by atomic mass is 35.5. The molecule has 0 radical (unpaired) electrons. The highest BCUT2D eigenvalue weighted by Gasteiger charge is 2.31. The van der Waals surface area contributed by atoms with Gasteiger partial charge in [0.25, 0.3) is 10.0 Å². The number of carbonyl (C=O) groups excluding carboxylic acids is 1. The Morgan fingerprint density at radius 1 is 1.03 bits per heavy atom. The Morgan fingerprint density at radius 2 is 1.67 bits per heavy atom. The first-order valence-electron chi connectivity index (χ1n) is 11.0. The molecule has 1 atom stereocenters. The number of rotatable bonds is 10. The van der Waals surface area contributed by atoms with E-state index in [0.29, 0.717) is 5.75 Å². The van der Waals surface area contributed by atoms with E-state index in [2.05, 4.69) is 5.32 Å². The normalized spacial score (nSPS) is 12.1. The minimum Gasteiger partial charge on any atom is -0.495 e. The summed E-state index contributed by atoms with van der Waals surface area (Å²) < 4.78 is 39.3. The van der Waals surface area contributed by atoms with E-state index in [4.69, 9.17) is 21.1 Å². The number of halogens is 1. The van der Waals surface area contributed by atoms with Crippen LogP contribution in [0.1, 0.15) is 24.1 Å². The summed E-state index contributed by atoms with van der Waals surface area (Å²) in [4.78, 5) is 14.2. The number of nitrogens with zero attached hydrogens (tertiary/aromatic N) is 1. The van der Waals surface area contributed by atoms with Crippen molar-refractivity contribution < 1.29 is 22.7 Å². The van der Waals surface area contributed by atoms with Crippen molar-refractivity contribution in [2.45, 2.75) is 29.7 Å². The highest BCUT2D eigenvalue weighted by Crippen LogP contribution is 2.34. The lowest BCUT2D eigenvalue weighted by Gasteiger charge is -2.26. The molecule has 3 rings (SSSR count). The van der Waals surface area contributed by atoms with Crippen molar-refractivity contribution in [1.29, 1.82) is 0 Å². The smallest absolute Gasteiger partial charge is 0.268 e. The number of hydrogen-bond acceptors (Lipinski definition) is 6. The van der Waals surface area contributed by atoms with Crippen LogP contribution in [0.25, 0.3) is 0 Å². The average molecular weight is 549 g/mol. The van der Waals surface area contributed by atoms with Gasteiger partial charge in [0, 0.05) is 4.90 Å². The third-order valence-electron chi connectivity index (χ3n) is 5.59. The second-order valence-electron chi connectivity index (χ2n) is 8.05. The van der Waals surface area contributed by atoms with Crippen molar-refractivity contribution in [2.24, 2.45) is 0 Å². The number of nitrogens with one attached hydrogen (secondary N) is 1. The van der Waals surface area contributed by atoms with Crippen LogP contribution in [0.3, 0.4) is 0 Å². The van der Waals surface area contributed by atoms with Crippen molar-refractivity contribution in [2.75, 3.05) is 31.3 Å². The van der Waals surface area contributed by atoms with Gasteiger partial charge in [-0.05, 0) is 73.7 Å². The lowest BCUT2D eigenvalue weighted by molar-refractivity contribution is -0.120. The molecule has 0 aromatic heterocycles. The average Bonchev–Trinajstić information content (AvgIpc) is 2.87. The van der Waals surface area contributed by atoms with Crippen LogP contribution < -0.4 is 19.1 Å². The predicted octanol–water partition coefficient (Wildman–Crippen LogP) is 5.46. The summed E-state index contributed by atoms with van der Waals surface area (Å²) in [6, 6.07) is 16.9. The molecule has 0 saturated heterocycles. The van der Waals surface area contributed by atoms with Crippen molar-refractivity contribution >= 4 is 45.0 Å². The summed E-state index contributed by atoms with van der Waals surface area (Å²) in [7, 11) is -1.35. The molecule has 0 saturated carbocycles. The van der Waals surface area contributed by atoms with E-state index >= 15 is 0 Å². The molecule has 0 aliphatic rings. The minimum atomic E-state index is -4.21. The fraction of sp³-hybridized carbons (Fsp3) is 0.269. The lowest BCUT2D eigenvalue weighted by atomic mass is 10.1.